The molecule has 0 radical (unpaired) electrons. The molecule has 1 fully saturated rings. The van der Waals surface area contributed by atoms with E-state index in [1.807, 2.05) is 0 Å². The SMILES string of the molecule is CN(c1nc(CN)cc2ccccc12)C1CCCCCC1. The number of hydrogen-bond donors (Lipinski definition) is 1. The first-order chi connectivity index (χ1) is 10.3. The predicted molar refractivity (Wildman–Crippen MR) is 89.5 cm³/mol. The van der Waals surface area contributed by atoms with Crippen LogP contribution in [0.2, 0.25) is 0 Å². The molecular formula is C18H25N3. The Kier molecular flexibility index (Phi) is 4.39. The van der Waals surface area contributed by atoms with Gasteiger partial charge in [-0.05, 0) is 24.3 Å². The Morgan fingerprint density at radius 3 is 2.57 bits per heavy atom. The van der Waals surface area contributed by atoms with Gasteiger partial charge in [0, 0.05) is 25.0 Å². The first-order valence-electron chi connectivity index (χ1n) is 8.11. The summed E-state index contributed by atoms with van der Waals surface area (Å²) in [5.74, 6) is 1.10. The summed E-state index contributed by atoms with van der Waals surface area (Å²) < 4.78 is 0. The van der Waals surface area contributed by atoms with E-state index in [9.17, 15) is 0 Å². The Bertz CT molecular complexity index is 600. The van der Waals surface area contributed by atoms with Crippen LogP contribution in [0, 0.1) is 0 Å². The van der Waals surface area contributed by atoms with E-state index < -0.39 is 0 Å². The van der Waals surface area contributed by atoms with Crippen LogP contribution in [-0.4, -0.2) is 18.1 Å². The molecule has 0 unspecified atom stereocenters. The third kappa shape index (κ3) is 3.03. The number of nitrogens with two attached hydrogens (primary N) is 1. The van der Waals surface area contributed by atoms with Crippen molar-refractivity contribution in [1.29, 1.82) is 0 Å². The molecule has 1 aromatic carbocycles. The highest BCUT2D eigenvalue weighted by Gasteiger charge is 2.20. The fourth-order valence-electron chi connectivity index (χ4n) is 3.43. The fourth-order valence-corrected chi connectivity index (χ4v) is 3.43. The summed E-state index contributed by atoms with van der Waals surface area (Å²) in [6.45, 7) is 0.496. The third-order valence-corrected chi connectivity index (χ3v) is 4.69. The van der Waals surface area contributed by atoms with E-state index in [4.69, 9.17) is 10.7 Å². The van der Waals surface area contributed by atoms with Crippen molar-refractivity contribution in [1.82, 2.24) is 4.98 Å². The first kappa shape index (κ1) is 14.3. The highest BCUT2D eigenvalue weighted by molar-refractivity contribution is 5.92. The molecule has 1 saturated carbocycles. The van der Waals surface area contributed by atoms with E-state index in [1.165, 1.54) is 49.3 Å². The zero-order chi connectivity index (χ0) is 14.7. The van der Waals surface area contributed by atoms with Crippen molar-refractivity contribution in [2.45, 2.75) is 51.1 Å². The van der Waals surface area contributed by atoms with Crippen LogP contribution in [0.3, 0.4) is 0 Å². The summed E-state index contributed by atoms with van der Waals surface area (Å²) in [5, 5.41) is 2.48. The van der Waals surface area contributed by atoms with Gasteiger partial charge >= 0.3 is 0 Å². The monoisotopic (exact) mass is 283 g/mol. The van der Waals surface area contributed by atoms with Gasteiger partial charge < -0.3 is 10.6 Å². The average Bonchev–Trinajstić information content (AvgIpc) is 2.82. The Balaban J connectivity index is 2.01. The minimum atomic E-state index is 0.496. The van der Waals surface area contributed by atoms with Crippen LogP contribution in [0.5, 0.6) is 0 Å². The van der Waals surface area contributed by atoms with Crippen molar-refractivity contribution in [3.8, 4) is 0 Å². The maximum absolute atomic E-state index is 5.83. The number of aromatic nitrogens is 1. The zero-order valence-corrected chi connectivity index (χ0v) is 12.9. The van der Waals surface area contributed by atoms with E-state index in [-0.39, 0.29) is 0 Å². The van der Waals surface area contributed by atoms with Crippen molar-refractivity contribution in [2.75, 3.05) is 11.9 Å². The van der Waals surface area contributed by atoms with Crippen LogP contribution in [0.15, 0.2) is 30.3 Å². The van der Waals surface area contributed by atoms with E-state index >= 15 is 0 Å². The van der Waals surface area contributed by atoms with Crippen LogP contribution < -0.4 is 10.6 Å². The highest BCUT2D eigenvalue weighted by atomic mass is 15.2. The van der Waals surface area contributed by atoms with E-state index in [0.717, 1.165) is 11.5 Å². The molecule has 2 N–H and O–H groups in total. The van der Waals surface area contributed by atoms with E-state index in [2.05, 4.69) is 42.3 Å². The number of benzene rings is 1. The van der Waals surface area contributed by atoms with E-state index in [0.29, 0.717) is 12.6 Å². The molecule has 1 aliphatic rings. The normalized spacial score (nSPS) is 16.9. The second-order valence-electron chi connectivity index (χ2n) is 6.12. The zero-order valence-electron chi connectivity index (χ0n) is 12.9. The van der Waals surface area contributed by atoms with Gasteiger partial charge in [-0.15, -0.1) is 0 Å². The highest BCUT2D eigenvalue weighted by Crippen LogP contribution is 2.30. The molecular weight excluding hydrogens is 258 g/mol. The molecule has 0 aliphatic heterocycles. The van der Waals surface area contributed by atoms with Gasteiger partial charge in [0.1, 0.15) is 5.82 Å². The third-order valence-electron chi connectivity index (χ3n) is 4.69. The molecule has 1 heterocycles. The van der Waals surface area contributed by atoms with Crippen molar-refractivity contribution in [3.05, 3.63) is 36.0 Å². The van der Waals surface area contributed by atoms with Gasteiger partial charge in [0.15, 0.2) is 0 Å². The van der Waals surface area contributed by atoms with Crippen molar-refractivity contribution in [3.63, 3.8) is 0 Å². The molecule has 3 heteroatoms. The Hall–Kier alpha value is -1.61. The summed E-state index contributed by atoms with van der Waals surface area (Å²) in [7, 11) is 2.20. The summed E-state index contributed by atoms with van der Waals surface area (Å²) in [6.07, 6.45) is 7.98. The smallest absolute Gasteiger partial charge is 0.136 e. The van der Waals surface area contributed by atoms with Crippen molar-refractivity contribution < 1.29 is 0 Å². The van der Waals surface area contributed by atoms with Crippen LogP contribution in [0.1, 0.15) is 44.2 Å². The average molecular weight is 283 g/mol. The molecule has 2 aromatic rings. The minimum absolute atomic E-state index is 0.496. The molecule has 1 aliphatic carbocycles. The number of pyridine rings is 1. The lowest BCUT2D eigenvalue weighted by Crippen LogP contribution is -2.32. The Morgan fingerprint density at radius 1 is 1.14 bits per heavy atom. The topological polar surface area (TPSA) is 42.2 Å². The van der Waals surface area contributed by atoms with Gasteiger partial charge in [-0.1, -0.05) is 49.9 Å². The first-order valence-corrected chi connectivity index (χ1v) is 8.11. The molecule has 0 saturated heterocycles. The molecule has 3 nitrogen and oxygen atoms in total. The number of rotatable bonds is 3. The Morgan fingerprint density at radius 2 is 1.86 bits per heavy atom. The number of hydrogen-bond acceptors (Lipinski definition) is 3. The van der Waals surface area contributed by atoms with Gasteiger partial charge in [-0.3, -0.25) is 0 Å². The maximum Gasteiger partial charge on any atom is 0.136 e. The van der Waals surface area contributed by atoms with Crippen LogP contribution >= 0.6 is 0 Å². The van der Waals surface area contributed by atoms with Gasteiger partial charge in [0.05, 0.1) is 5.69 Å². The number of anilines is 1. The van der Waals surface area contributed by atoms with E-state index in [1.54, 1.807) is 0 Å². The quantitative estimate of drug-likeness (QED) is 0.870. The van der Waals surface area contributed by atoms with Gasteiger partial charge in [0.2, 0.25) is 0 Å². The van der Waals surface area contributed by atoms with Crippen molar-refractivity contribution >= 4 is 16.6 Å². The molecule has 1 aromatic heterocycles. The largest absolute Gasteiger partial charge is 0.356 e. The lowest BCUT2D eigenvalue weighted by atomic mass is 10.1. The summed E-state index contributed by atoms with van der Waals surface area (Å²) >= 11 is 0. The second-order valence-corrected chi connectivity index (χ2v) is 6.12. The number of fused-ring (bicyclic) bond motifs is 1. The molecule has 0 spiro atoms. The predicted octanol–water partition coefficient (Wildman–Crippen LogP) is 3.85. The lowest BCUT2D eigenvalue weighted by molar-refractivity contribution is 0.550. The molecule has 112 valence electrons. The van der Waals surface area contributed by atoms with Gasteiger partial charge in [-0.2, -0.15) is 0 Å². The lowest BCUT2D eigenvalue weighted by Gasteiger charge is -2.29. The minimum Gasteiger partial charge on any atom is -0.356 e. The Labute approximate surface area is 127 Å². The molecule has 0 bridgehead atoms. The van der Waals surface area contributed by atoms with Gasteiger partial charge in [0.25, 0.3) is 0 Å². The summed E-state index contributed by atoms with van der Waals surface area (Å²) in [4.78, 5) is 7.22. The van der Waals surface area contributed by atoms with Crippen LogP contribution in [-0.2, 0) is 6.54 Å². The summed E-state index contributed by atoms with van der Waals surface area (Å²) in [5.41, 5.74) is 6.81. The molecule has 3 rings (SSSR count). The van der Waals surface area contributed by atoms with Crippen LogP contribution in [0.4, 0.5) is 5.82 Å². The molecule has 0 amide bonds. The van der Waals surface area contributed by atoms with Crippen molar-refractivity contribution in [2.24, 2.45) is 5.73 Å². The van der Waals surface area contributed by atoms with Gasteiger partial charge in [-0.25, -0.2) is 4.98 Å². The fraction of sp³-hybridized carbons (Fsp3) is 0.500. The number of nitrogens with zero attached hydrogens (tertiary/aromatic N) is 2. The second kappa shape index (κ2) is 6.44. The van der Waals surface area contributed by atoms with Crippen LogP contribution in [0.25, 0.3) is 10.8 Å². The molecule has 0 atom stereocenters. The standard InChI is InChI=1S/C18H25N3/c1-21(16-9-4-2-3-5-10-16)18-17-11-7-6-8-14(17)12-15(13-19)20-18/h6-8,11-12,16H,2-5,9-10,13,19H2,1H3. The maximum atomic E-state index is 5.83. The summed E-state index contributed by atoms with van der Waals surface area (Å²) in [6, 6.07) is 11.2. The molecule has 21 heavy (non-hydrogen) atoms.